The van der Waals surface area contributed by atoms with Crippen molar-refractivity contribution < 1.29 is 9.18 Å². The van der Waals surface area contributed by atoms with Crippen LogP contribution in [0, 0.1) is 0 Å². The zero-order valence-electron chi connectivity index (χ0n) is 16.4. The van der Waals surface area contributed by atoms with E-state index in [1.807, 2.05) is 12.1 Å². The highest BCUT2D eigenvalue weighted by atomic mass is 35.5. The molecule has 1 atom stereocenters. The number of hydrogen-bond donors (Lipinski definition) is 2. The number of anilines is 1. The Bertz CT molecular complexity index is 905. The number of carbonyl (C=O) groups excluding carboxylic acids is 1. The molecule has 1 aliphatic heterocycles. The minimum atomic E-state index is -0.498. The Labute approximate surface area is 174 Å². The van der Waals surface area contributed by atoms with Crippen LogP contribution in [-0.4, -0.2) is 40.2 Å². The van der Waals surface area contributed by atoms with Crippen LogP contribution in [0.5, 0.6) is 0 Å². The van der Waals surface area contributed by atoms with Crippen molar-refractivity contribution in [2.24, 2.45) is 0 Å². The molecular formula is C21H25ClFN5O. The third-order valence-corrected chi connectivity index (χ3v) is 5.71. The fourth-order valence-corrected chi connectivity index (χ4v) is 3.78. The predicted molar refractivity (Wildman–Crippen MR) is 111 cm³/mol. The molecule has 0 bridgehead atoms. The van der Waals surface area contributed by atoms with Crippen LogP contribution in [-0.2, 0) is 19.5 Å². The summed E-state index contributed by atoms with van der Waals surface area (Å²) in [6.07, 6.45) is 4.84. The molecule has 1 fully saturated rings. The van der Waals surface area contributed by atoms with Gasteiger partial charge >= 0.3 is 6.03 Å². The van der Waals surface area contributed by atoms with Crippen LogP contribution in [0.2, 0.25) is 5.02 Å². The first-order valence-corrected chi connectivity index (χ1v) is 10.4. The average molecular weight is 418 g/mol. The quantitative estimate of drug-likeness (QED) is 0.744. The van der Waals surface area contributed by atoms with Gasteiger partial charge in [0.05, 0.1) is 18.3 Å². The van der Waals surface area contributed by atoms with Gasteiger partial charge in [-0.2, -0.15) is 0 Å². The molecular weight excluding hydrogens is 393 g/mol. The van der Waals surface area contributed by atoms with Gasteiger partial charge < -0.3 is 15.5 Å². The molecule has 2 aliphatic rings. The number of nitrogens with one attached hydrogen (secondary N) is 2. The van der Waals surface area contributed by atoms with E-state index in [-0.39, 0.29) is 12.1 Å². The maximum Gasteiger partial charge on any atom is 0.318 e. The first-order chi connectivity index (χ1) is 14.0. The summed E-state index contributed by atoms with van der Waals surface area (Å²) in [7, 11) is 0. The van der Waals surface area contributed by atoms with Gasteiger partial charge in [0.25, 0.3) is 0 Å². The Kier molecular flexibility index (Phi) is 5.85. The molecule has 1 unspecified atom stereocenters. The fourth-order valence-electron chi connectivity index (χ4n) is 3.50. The normalized spacial score (nSPS) is 16.9. The second-order valence-electron chi connectivity index (χ2n) is 7.83. The van der Waals surface area contributed by atoms with Crippen molar-refractivity contribution in [3.8, 4) is 0 Å². The first kappa shape index (κ1) is 19.9. The van der Waals surface area contributed by atoms with Gasteiger partial charge in [0, 0.05) is 24.3 Å². The molecule has 2 amide bonds. The van der Waals surface area contributed by atoms with Gasteiger partial charge in [0.2, 0.25) is 5.95 Å². The van der Waals surface area contributed by atoms with Crippen molar-refractivity contribution in [1.82, 2.24) is 20.2 Å². The van der Waals surface area contributed by atoms with E-state index in [1.165, 1.54) is 18.4 Å². The molecule has 29 heavy (non-hydrogen) atoms. The SMILES string of the molecule is CC(CF)Nc1ncc2c(n1)CN(C(=O)NCc1ccc(Cl)c(C3CC3)c1)CC2. The molecule has 154 valence electrons. The topological polar surface area (TPSA) is 70.2 Å². The molecule has 0 saturated heterocycles. The van der Waals surface area contributed by atoms with Crippen LogP contribution < -0.4 is 10.6 Å². The highest BCUT2D eigenvalue weighted by molar-refractivity contribution is 6.31. The standard InChI is InChI=1S/C21H25ClFN5O/c1-13(9-23)26-20-24-11-16-6-7-28(12-19(16)27-20)21(29)25-10-14-2-5-18(22)17(8-14)15-3-4-15/h2,5,8,11,13,15H,3-4,6-7,9-10,12H2,1H3,(H,25,29)(H,24,26,27). The van der Waals surface area contributed by atoms with Crippen molar-refractivity contribution in [2.45, 2.75) is 51.2 Å². The molecule has 1 aromatic carbocycles. The van der Waals surface area contributed by atoms with Crippen molar-refractivity contribution >= 4 is 23.6 Å². The average Bonchev–Trinajstić information content (AvgIpc) is 3.57. The first-order valence-electron chi connectivity index (χ1n) is 10.0. The lowest BCUT2D eigenvalue weighted by Gasteiger charge is -2.28. The van der Waals surface area contributed by atoms with E-state index in [9.17, 15) is 9.18 Å². The highest BCUT2D eigenvalue weighted by Crippen LogP contribution is 2.43. The summed E-state index contributed by atoms with van der Waals surface area (Å²) in [6.45, 7) is 2.72. The molecule has 1 aromatic heterocycles. The number of alkyl halides is 1. The summed E-state index contributed by atoms with van der Waals surface area (Å²) in [6, 6.07) is 5.50. The number of hydrogen-bond acceptors (Lipinski definition) is 4. The van der Waals surface area contributed by atoms with Crippen molar-refractivity contribution in [3.63, 3.8) is 0 Å². The third-order valence-electron chi connectivity index (χ3n) is 5.36. The third kappa shape index (κ3) is 4.78. The Balaban J connectivity index is 1.37. The largest absolute Gasteiger partial charge is 0.349 e. The van der Waals surface area contributed by atoms with E-state index in [0.29, 0.717) is 37.9 Å². The van der Waals surface area contributed by atoms with E-state index in [4.69, 9.17) is 11.6 Å². The van der Waals surface area contributed by atoms with Crippen molar-refractivity contribution in [1.29, 1.82) is 0 Å². The summed E-state index contributed by atoms with van der Waals surface area (Å²) in [4.78, 5) is 23.1. The van der Waals surface area contributed by atoms with Gasteiger partial charge in [-0.05, 0) is 54.9 Å². The fraction of sp³-hybridized carbons (Fsp3) is 0.476. The lowest BCUT2D eigenvalue weighted by atomic mass is 10.1. The lowest BCUT2D eigenvalue weighted by molar-refractivity contribution is 0.191. The number of benzene rings is 1. The monoisotopic (exact) mass is 417 g/mol. The van der Waals surface area contributed by atoms with Gasteiger partial charge in [-0.1, -0.05) is 23.7 Å². The van der Waals surface area contributed by atoms with Gasteiger partial charge in [-0.3, -0.25) is 0 Å². The van der Waals surface area contributed by atoms with E-state index in [1.54, 1.807) is 18.0 Å². The number of aromatic nitrogens is 2. The van der Waals surface area contributed by atoms with Crippen LogP contribution in [0.3, 0.4) is 0 Å². The second kappa shape index (κ2) is 8.53. The number of carbonyl (C=O) groups is 1. The summed E-state index contributed by atoms with van der Waals surface area (Å²) in [5.41, 5.74) is 4.07. The molecule has 1 aliphatic carbocycles. The van der Waals surface area contributed by atoms with Crippen LogP contribution >= 0.6 is 11.6 Å². The molecule has 1 saturated carbocycles. The maximum atomic E-state index is 12.7. The van der Waals surface area contributed by atoms with Gasteiger partial charge in [-0.15, -0.1) is 0 Å². The maximum absolute atomic E-state index is 12.7. The molecule has 8 heteroatoms. The van der Waals surface area contributed by atoms with Crippen molar-refractivity contribution in [3.05, 3.63) is 51.8 Å². The smallest absolute Gasteiger partial charge is 0.318 e. The van der Waals surface area contributed by atoms with E-state index >= 15 is 0 Å². The lowest BCUT2D eigenvalue weighted by Crippen LogP contribution is -2.42. The Morgan fingerprint density at radius 2 is 2.24 bits per heavy atom. The Hall–Kier alpha value is -2.41. The van der Waals surface area contributed by atoms with Gasteiger partial charge in [0.15, 0.2) is 0 Å². The number of urea groups is 1. The van der Waals surface area contributed by atoms with E-state index < -0.39 is 6.67 Å². The Morgan fingerprint density at radius 3 is 3.00 bits per heavy atom. The zero-order valence-corrected chi connectivity index (χ0v) is 17.2. The number of rotatable bonds is 6. The predicted octanol–water partition coefficient (Wildman–Crippen LogP) is 4.05. The molecule has 2 N–H and O–H groups in total. The molecule has 6 nitrogen and oxygen atoms in total. The number of halogens is 2. The number of fused-ring (bicyclic) bond motifs is 1. The number of nitrogens with zero attached hydrogens (tertiary/aromatic N) is 3. The van der Waals surface area contributed by atoms with E-state index in [2.05, 4.69) is 26.7 Å². The zero-order chi connectivity index (χ0) is 20.4. The minimum Gasteiger partial charge on any atom is -0.349 e. The molecule has 2 heterocycles. The van der Waals surface area contributed by atoms with Crippen molar-refractivity contribution in [2.75, 3.05) is 18.5 Å². The van der Waals surface area contributed by atoms with Crippen LogP contribution in [0.4, 0.5) is 15.1 Å². The molecule has 0 radical (unpaired) electrons. The summed E-state index contributed by atoms with van der Waals surface area (Å²) < 4.78 is 12.7. The van der Waals surface area contributed by atoms with E-state index in [0.717, 1.165) is 21.8 Å². The molecule has 4 rings (SSSR count). The second-order valence-corrected chi connectivity index (χ2v) is 8.23. The summed E-state index contributed by atoms with van der Waals surface area (Å²) >= 11 is 6.28. The molecule has 0 spiro atoms. The van der Waals surface area contributed by atoms with Crippen LogP contribution in [0.15, 0.2) is 24.4 Å². The minimum absolute atomic E-state index is 0.121. The number of amides is 2. The summed E-state index contributed by atoms with van der Waals surface area (Å²) in [5, 5.41) is 6.73. The highest BCUT2D eigenvalue weighted by Gasteiger charge is 2.26. The molecule has 2 aromatic rings. The summed E-state index contributed by atoms with van der Waals surface area (Å²) in [5.74, 6) is 0.962. The van der Waals surface area contributed by atoms with Gasteiger partial charge in [0.1, 0.15) is 6.67 Å². The van der Waals surface area contributed by atoms with Crippen LogP contribution in [0.25, 0.3) is 0 Å². The van der Waals surface area contributed by atoms with Crippen LogP contribution in [0.1, 0.15) is 48.1 Å². The van der Waals surface area contributed by atoms with Gasteiger partial charge in [-0.25, -0.2) is 19.2 Å². The Morgan fingerprint density at radius 1 is 1.41 bits per heavy atom.